The Morgan fingerprint density at radius 2 is 1.64 bits per heavy atom. The van der Waals surface area contributed by atoms with Crippen molar-refractivity contribution in [3.05, 3.63) is 77.9 Å². The van der Waals surface area contributed by atoms with Crippen LogP contribution in [0.3, 0.4) is 0 Å². The number of hydrogen-bond donors (Lipinski definition) is 0. The van der Waals surface area contributed by atoms with Crippen molar-refractivity contribution in [3.63, 3.8) is 0 Å². The second-order valence-electron chi connectivity index (χ2n) is 7.66. The normalized spacial score (nSPS) is 19.4. The number of rotatable bonds is 3. The molecular formula is C24H24N2O2. The molecule has 1 amide bonds. The van der Waals surface area contributed by atoms with Crippen molar-refractivity contribution in [1.29, 1.82) is 0 Å². The van der Waals surface area contributed by atoms with Crippen molar-refractivity contribution in [1.82, 2.24) is 9.80 Å². The predicted molar refractivity (Wildman–Crippen MR) is 110 cm³/mol. The van der Waals surface area contributed by atoms with Gasteiger partial charge in [-0.1, -0.05) is 60.7 Å². The third kappa shape index (κ3) is 3.25. The lowest BCUT2D eigenvalue weighted by Crippen LogP contribution is -2.51. The fourth-order valence-electron chi connectivity index (χ4n) is 4.32. The maximum absolute atomic E-state index is 12.9. The highest BCUT2D eigenvalue weighted by Gasteiger charge is 2.33. The Hall–Kier alpha value is -2.85. The van der Waals surface area contributed by atoms with Crippen LogP contribution in [0.1, 0.15) is 11.1 Å². The van der Waals surface area contributed by atoms with Gasteiger partial charge in [0.15, 0.2) is 6.10 Å². The zero-order valence-electron chi connectivity index (χ0n) is 15.9. The van der Waals surface area contributed by atoms with Crippen LogP contribution in [-0.4, -0.2) is 48.0 Å². The number of nitrogens with zero attached hydrogens (tertiary/aromatic N) is 2. The molecule has 0 aromatic heterocycles. The van der Waals surface area contributed by atoms with Crippen LogP contribution in [0.2, 0.25) is 0 Å². The summed E-state index contributed by atoms with van der Waals surface area (Å²) in [6, 6.07) is 23.0. The third-order valence-electron chi connectivity index (χ3n) is 5.88. The van der Waals surface area contributed by atoms with Crippen LogP contribution in [0.15, 0.2) is 66.7 Å². The molecule has 1 atom stereocenters. The highest BCUT2D eigenvalue weighted by molar-refractivity contribution is 5.85. The van der Waals surface area contributed by atoms with Gasteiger partial charge in [0.25, 0.3) is 5.91 Å². The number of para-hydroxylation sites is 1. The van der Waals surface area contributed by atoms with E-state index in [1.165, 1.54) is 16.3 Å². The van der Waals surface area contributed by atoms with Crippen LogP contribution >= 0.6 is 0 Å². The summed E-state index contributed by atoms with van der Waals surface area (Å²) in [5, 5.41) is 2.60. The highest BCUT2D eigenvalue weighted by atomic mass is 16.5. The van der Waals surface area contributed by atoms with Gasteiger partial charge < -0.3 is 9.64 Å². The Morgan fingerprint density at radius 1 is 0.893 bits per heavy atom. The molecule has 3 aromatic rings. The minimum absolute atomic E-state index is 0.126. The van der Waals surface area contributed by atoms with Gasteiger partial charge in [0.2, 0.25) is 0 Å². The van der Waals surface area contributed by atoms with E-state index in [1.54, 1.807) is 0 Å². The van der Waals surface area contributed by atoms with Crippen LogP contribution in [0.5, 0.6) is 5.75 Å². The number of amides is 1. The number of ether oxygens (including phenoxy) is 1. The molecule has 2 aliphatic rings. The highest BCUT2D eigenvalue weighted by Crippen LogP contribution is 2.29. The van der Waals surface area contributed by atoms with E-state index < -0.39 is 0 Å². The fourth-order valence-corrected chi connectivity index (χ4v) is 4.32. The van der Waals surface area contributed by atoms with Crippen molar-refractivity contribution in [3.8, 4) is 5.75 Å². The fraction of sp³-hybridized carbons (Fsp3) is 0.292. The summed E-state index contributed by atoms with van der Waals surface area (Å²) in [6.07, 6.45) is 0.326. The quantitative estimate of drug-likeness (QED) is 0.706. The van der Waals surface area contributed by atoms with Crippen LogP contribution < -0.4 is 4.74 Å². The zero-order valence-corrected chi connectivity index (χ0v) is 15.9. The first-order valence-electron chi connectivity index (χ1n) is 10.0. The molecule has 2 aliphatic heterocycles. The van der Waals surface area contributed by atoms with Crippen LogP contribution in [0.4, 0.5) is 0 Å². The van der Waals surface area contributed by atoms with E-state index in [9.17, 15) is 4.79 Å². The van der Waals surface area contributed by atoms with E-state index in [0.717, 1.165) is 44.0 Å². The van der Waals surface area contributed by atoms with Gasteiger partial charge in [-0.3, -0.25) is 9.69 Å². The summed E-state index contributed by atoms with van der Waals surface area (Å²) in [4.78, 5) is 17.3. The molecule has 1 saturated heterocycles. The van der Waals surface area contributed by atoms with Gasteiger partial charge in [0, 0.05) is 39.1 Å². The van der Waals surface area contributed by atoms with E-state index >= 15 is 0 Å². The average molecular weight is 372 g/mol. The standard InChI is InChI=1S/C24H24N2O2/c27-24(23-16-19-7-2-4-11-22(19)28-23)26-14-12-25(13-15-26)17-20-9-5-8-18-6-1-3-10-21(18)20/h1-11,23H,12-17H2/t23-/m1/s1. The second-order valence-corrected chi connectivity index (χ2v) is 7.66. The molecule has 142 valence electrons. The van der Waals surface area contributed by atoms with Gasteiger partial charge in [0.05, 0.1) is 0 Å². The summed E-state index contributed by atoms with van der Waals surface area (Å²) < 4.78 is 5.89. The van der Waals surface area contributed by atoms with Crippen molar-refractivity contribution < 1.29 is 9.53 Å². The van der Waals surface area contributed by atoms with Crippen LogP contribution in [-0.2, 0) is 17.8 Å². The first-order chi connectivity index (χ1) is 13.8. The second kappa shape index (κ2) is 7.28. The molecule has 0 spiro atoms. The molecule has 1 fully saturated rings. The molecule has 0 saturated carbocycles. The van der Waals surface area contributed by atoms with Gasteiger partial charge in [-0.15, -0.1) is 0 Å². The number of fused-ring (bicyclic) bond motifs is 2. The molecule has 4 heteroatoms. The van der Waals surface area contributed by atoms with Gasteiger partial charge in [-0.2, -0.15) is 0 Å². The molecule has 0 bridgehead atoms. The minimum Gasteiger partial charge on any atom is -0.480 e. The average Bonchev–Trinajstić information content (AvgIpc) is 3.18. The summed E-state index contributed by atoms with van der Waals surface area (Å²) in [6.45, 7) is 4.25. The number of carbonyl (C=O) groups is 1. The van der Waals surface area contributed by atoms with E-state index in [2.05, 4.69) is 47.4 Å². The zero-order chi connectivity index (χ0) is 18.9. The van der Waals surface area contributed by atoms with Gasteiger partial charge in [0.1, 0.15) is 5.75 Å². The molecule has 0 unspecified atom stereocenters. The summed E-state index contributed by atoms with van der Waals surface area (Å²) in [5.74, 6) is 0.983. The summed E-state index contributed by atoms with van der Waals surface area (Å²) in [7, 11) is 0. The molecule has 5 rings (SSSR count). The first kappa shape index (κ1) is 17.3. The molecule has 3 aromatic carbocycles. The minimum atomic E-state index is -0.359. The monoisotopic (exact) mass is 372 g/mol. The lowest BCUT2D eigenvalue weighted by Gasteiger charge is -2.35. The topological polar surface area (TPSA) is 32.8 Å². The van der Waals surface area contributed by atoms with Gasteiger partial charge in [-0.25, -0.2) is 0 Å². The number of piperazine rings is 1. The third-order valence-corrected chi connectivity index (χ3v) is 5.88. The predicted octanol–water partition coefficient (Wildman–Crippen LogP) is 3.49. The Labute approximate surface area is 165 Å². The SMILES string of the molecule is O=C([C@H]1Cc2ccccc2O1)N1CCN(Cc2cccc3ccccc23)CC1. The number of hydrogen-bond acceptors (Lipinski definition) is 3. The molecule has 0 radical (unpaired) electrons. The Morgan fingerprint density at radius 3 is 2.50 bits per heavy atom. The van der Waals surface area contributed by atoms with Crippen molar-refractivity contribution >= 4 is 16.7 Å². The maximum atomic E-state index is 12.9. The Bertz CT molecular complexity index is 978. The molecule has 28 heavy (non-hydrogen) atoms. The number of benzene rings is 3. The van der Waals surface area contributed by atoms with E-state index in [-0.39, 0.29) is 12.0 Å². The summed E-state index contributed by atoms with van der Waals surface area (Å²) in [5.41, 5.74) is 2.49. The Kier molecular flexibility index (Phi) is 4.49. The largest absolute Gasteiger partial charge is 0.480 e. The van der Waals surface area contributed by atoms with Crippen LogP contribution in [0.25, 0.3) is 10.8 Å². The maximum Gasteiger partial charge on any atom is 0.264 e. The smallest absolute Gasteiger partial charge is 0.264 e. The van der Waals surface area contributed by atoms with Crippen molar-refractivity contribution in [2.75, 3.05) is 26.2 Å². The molecule has 4 nitrogen and oxygen atoms in total. The molecule has 0 aliphatic carbocycles. The number of carbonyl (C=O) groups excluding carboxylic acids is 1. The van der Waals surface area contributed by atoms with E-state index in [0.29, 0.717) is 6.42 Å². The Balaban J connectivity index is 1.20. The molecule has 0 N–H and O–H groups in total. The van der Waals surface area contributed by atoms with Gasteiger partial charge in [-0.05, 0) is 28.0 Å². The van der Waals surface area contributed by atoms with Crippen molar-refractivity contribution in [2.24, 2.45) is 0 Å². The van der Waals surface area contributed by atoms with Crippen LogP contribution in [0, 0.1) is 0 Å². The molecular weight excluding hydrogens is 348 g/mol. The molecule has 2 heterocycles. The summed E-state index contributed by atoms with van der Waals surface area (Å²) >= 11 is 0. The van der Waals surface area contributed by atoms with E-state index in [4.69, 9.17) is 4.74 Å². The first-order valence-corrected chi connectivity index (χ1v) is 10.0. The van der Waals surface area contributed by atoms with E-state index in [1.807, 2.05) is 29.2 Å². The lowest BCUT2D eigenvalue weighted by molar-refractivity contribution is -0.139. The van der Waals surface area contributed by atoms with Gasteiger partial charge >= 0.3 is 0 Å². The lowest BCUT2D eigenvalue weighted by atomic mass is 10.0. The van der Waals surface area contributed by atoms with Crippen molar-refractivity contribution in [2.45, 2.75) is 19.1 Å².